The van der Waals surface area contributed by atoms with Gasteiger partial charge in [-0.1, -0.05) is 35.5 Å². The maximum atomic E-state index is 12.4. The van der Waals surface area contributed by atoms with Crippen LogP contribution in [0.3, 0.4) is 0 Å². The molecule has 1 atom stereocenters. The highest BCUT2D eigenvalue weighted by atomic mass is 32.1. The molecule has 1 aliphatic rings. The fraction of sp³-hybridized carbons (Fsp3) is 0.278. The minimum Gasteiger partial charge on any atom is -0.342 e. The number of likely N-dealkylation sites (tertiary alicyclic amines) is 1. The second kappa shape index (κ2) is 6.57. The molecular formula is C18H17N3O2S. The normalized spacial score (nSPS) is 17.3. The number of carbonyl (C=O) groups excluding carboxylic acids is 1. The molecule has 0 bridgehead atoms. The van der Waals surface area contributed by atoms with Gasteiger partial charge in [0.15, 0.2) is 0 Å². The first-order chi connectivity index (χ1) is 11.8. The van der Waals surface area contributed by atoms with Crippen molar-refractivity contribution in [3.63, 3.8) is 0 Å². The van der Waals surface area contributed by atoms with Crippen molar-refractivity contribution in [3.8, 4) is 11.4 Å². The van der Waals surface area contributed by atoms with Gasteiger partial charge in [0.1, 0.15) is 0 Å². The third-order valence-corrected chi connectivity index (χ3v) is 5.03. The topological polar surface area (TPSA) is 59.2 Å². The number of amides is 1. The number of thiophene rings is 1. The van der Waals surface area contributed by atoms with Crippen LogP contribution in [-0.2, 0) is 11.2 Å². The Balaban J connectivity index is 1.42. The summed E-state index contributed by atoms with van der Waals surface area (Å²) in [6.45, 7) is 1.40. The van der Waals surface area contributed by atoms with Crippen LogP contribution in [-0.4, -0.2) is 34.0 Å². The minimum absolute atomic E-state index is 0.126. The van der Waals surface area contributed by atoms with E-state index in [2.05, 4.69) is 10.1 Å². The summed E-state index contributed by atoms with van der Waals surface area (Å²) in [6, 6.07) is 11.8. The van der Waals surface area contributed by atoms with E-state index in [-0.39, 0.29) is 11.8 Å². The van der Waals surface area contributed by atoms with Crippen LogP contribution in [0.25, 0.3) is 11.4 Å². The van der Waals surface area contributed by atoms with Crippen molar-refractivity contribution in [3.05, 3.63) is 58.6 Å². The number of hydrogen-bond donors (Lipinski definition) is 0. The van der Waals surface area contributed by atoms with Gasteiger partial charge in [-0.15, -0.1) is 0 Å². The van der Waals surface area contributed by atoms with Gasteiger partial charge in [0.25, 0.3) is 0 Å². The highest BCUT2D eigenvalue weighted by Crippen LogP contribution is 2.28. The van der Waals surface area contributed by atoms with Crippen molar-refractivity contribution in [2.75, 3.05) is 13.1 Å². The van der Waals surface area contributed by atoms with Gasteiger partial charge in [0.2, 0.25) is 17.6 Å². The van der Waals surface area contributed by atoms with E-state index in [1.54, 1.807) is 11.3 Å². The lowest BCUT2D eigenvalue weighted by Crippen LogP contribution is -2.29. The Labute approximate surface area is 143 Å². The second-order valence-corrected chi connectivity index (χ2v) is 6.74. The molecule has 0 aliphatic carbocycles. The summed E-state index contributed by atoms with van der Waals surface area (Å²) in [7, 11) is 0. The highest BCUT2D eigenvalue weighted by molar-refractivity contribution is 7.08. The molecule has 122 valence electrons. The Morgan fingerprint density at radius 3 is 2.96 bits per heavy atom. The summed E-state index contributed by atoms with van der Waals surface area (Å²) in [5, 5.41) is 8.10. The Bertz CT molecular complexity index is 814. The molecule has 0 radical (unpaired) electrons. The van der Waals surface area contributed by atoms with Crippen molar-refractivity contribution >= 4 is 17.2 Å². The number of rotatable bonds is 4. The highest BCUT2D eigenvalue weighted by Gasteiger charge is 2.31. The molecule has 1 aliphatic heterocycles. The van der Waals surface area contributed by atoms with Crippen LogP contribution in [0, 0.1) is 0 Å². The van der Waals surface area contributed by atoms with Crippen LogP contribution < -0.4 is 0 Å². The van der Waals surface area contributed by atoms with Crippen molar-refractivity contribution < 1.29 is 9.32 Å². The Morgan fingerprint density at radius 1 is 1.29 bits per heavy atom. The number of nitrogens with zero attached hydrogens (tertiary/aromatic N) is 3. The van der Waals surface area contributed by atoms with E-state index in [9.17, 15) is 4.79 Å². The summed E-state index contributed by atoms with van der Waals surface area (Å²) < 4.78 is 5.44. The summed E-state index contributed by atoms with van der Waals surface area (Å²) in [6.07, 6.45) is 1.33. The first kappa shape index (κ1) is 15.1. The fourth-order valence-electron chi connectivity index (χ4n) is 2.97. The van der Waals surface area contributed by atoms with Crippen molar-refractivity contribution in [2.45, 2.75) is 18.8 Å². The Morgan fingerprint density at radius 2 is 2.17 bits per heavy atom. The second-order valence-electron chi connectivity index (χ2n) is 5.96. The van der Waals surface area contributed by atoms with Crippen LogP contribution in [0.4, 0.5) is 0 Å². The largest absolute Gasteiger partial charge is 0.342 e. The molecule has 5 nitrogen and oxygen atoms in total. The molecule has 1 amide bonds. The SMILES string of the molecule is O=C(Cc1ccsc1)N1CC[C@@H](c2nc(-c3ccccc3)no2)C1. The predicted molar refractivity (Wildman–Crippen MR) is 91.7 cm³/mol. The molecule has 1 aromatic carbocycles. The molecule has 24 heavy (non-hydrogen) atoms. The van der Waals surface area contributed by atoms with E-state index in [1.165, 1.54) is 0 Å². The maximum absolute atomic E-state index is 12.4. The number of hydrogen-bond acceptors (Lipinski definition) is 5. The van der Waals surface area contributed by atoms with Crippen LogP contribution in [0.5, 0.6) is 0 Å². The van der Waals surface area contributed by atoms with Crippen molar-refractivity contribution in [1.82, 2.24) is 15.0 Å². The number of benzene rings is 1. The molecule has 4 rings (SSSR count). The van der Waals surface area contributed by atoms with Gasteiger partial charge in [-0.25, -0.2) is 0 Å². The number of aromatic nitrogens is 2. The third-order valence-electron chi connectivity index (χ3n) is 4.30. The smallest absolute Gasteiger partial charge is 0.231 e. The standard InChI is InChI=1S/C18H17N3O2S/c22-16(10-13-7-9-24-12-13)21-8-6-15(11-21)18-19-17(20-23-18)14-4-2-1-3-5-14/h1-5,7,9,12,15H,6,8,10-11H2/t15-/m1/s1. The molecule has 6 heteroatoms. The lowest BCUT2D eigenvalue weighted by Gasteiger charge is -2.15. The lowest BCUT2D eigenvalue weighted by atomic mass is 10.1. The molecule has 0 N–H and O–H groups in total. The average Bonchev–Trinajstić information content (AvgIpc) is 3.36. The first-order valence-corrected chi connectivity index (χ1v) is 8.92. The molecule has 3 aromatic rings. The quantitative estimate of drug-likeness (QED) is 0.731. The summed E-state index contributed by atoms with van der Waals surface area (Å²) in [5.41, 5.74) is 2.02. The van der Waals surface area contributed by atoms with Crippen LogP contribution in [0.1, 0.15) is 23.8 Å². The van der Waals surface area contributed by atoms with E-state index < -0.39 is 0 Å². The molecule has 0 spiro atoms. The zero-order valence-electron chi connectivity index (χ0n) is 13.1. The lowest BCUT2D eigenvalue weighted by molar-refractivity contribution is -0.129. The molecule has 2 aromatic heterocycles. The maximum Gasteiger partial charge on any atom is 0.231 e. The van der Waals surface area contributed by atoms with Gasteiger partial charge in [0, 0.05) is 18.7 Å². The van der Waals surface area contributed by atoms with E-state index in [1.807, 2.05) is 52.1 Å². The summed E-state index contributed by atoms with van der Waals surface area (Å²) in [4.78, 5) is 18.8. The molecule has 3 heterocycles. The van der Waals surface area contributed by atoms with Gasteiger partial charge in [0.05, 0.1) is 12.3 Å². The fourth-order valence-corrected chi connectivity index (χ4v) is 3.64. The van der Waals surface area contributed by atoms with Crippen molar-refractivity contribution in [2.24, 2.45) is 0 Å². The van der Waals surface area contributed by atoms with Crippen LogP contribution >= 0.6 is 11.3 Å². The third kappa shape index (κ3) is 3.10. The van der Waals surface area contributed by atoms with E-state index in [0.29, 0.717) is 24.7 Å². The van der Waals surface area contributed by atoms with Gasteiger partial charge < -0.3 is 9.42 Å². The van der Waals surface area contributed by atoms with Gasteiger partial charge >= 0.3 is 0 Å². The van der Waals surface area contributed by atoms with Crippen molar-refractivity contribution in [1.29, 1.82) is 0 Å². The van der Waals surface area contributed by atoms with Gasteiger partial charge in [-0.3, -0.25) is 4.79 Å². The molecule has 0 saturated carbocycles. The predicted octanol–water partition coefficient (Wildman–Crippen LogP) is 3.36. The van der Waals surface area contributed by atoms with Crippen LogP contribution in [0.2, 0.25) is 0 Å². The summed E-state index contributed by atoms with van der Waals surface area (Å²) >= 11 is 1.62. The Hall–Kier alpha value is -2.47. The van der Waals surface area contributed by atoms with Crippen LogP contribution in [0.15, 0.2) is 51.7 Å². The van der Waals surface area contributed by atoms with Gasteiger partial charge in [-0.05, 0) is 28.8 Å². The Kier molecular flexibility index (Phi) is 4.13. The zero-order valence-corrected chi connectivity index (χ0v) is 13.9. The molecule has 1 fully saturated rings. The monoisotopic (exact) mass is 339 g/mol. The van der Waals surface area contributed by atoms with E-state index >= 15 is 0 Å². The average molecular weight is 339 g/mol. The molecule has 0 unspecified atom stereocenters. The molecular weight excluding hydrogens is 322 g/mol. The van der Waals surface area contributed by atoms with E-state index in [4.69, 9.17) is 4.52 Å². The van der Waals surface area contributed by atoms with E-state index in [0.717, 1.165) is 24.1 Å². The minimum atomic E-state index is 0.126. The van der Waals surface area contributed by atoms with Gasteiger partial charge in [-0.2, -0.15) is 16.3 Å². The number of carbonyl (C=O) groups is 1. The molecule has 1 saturated heterocycles. The summed E-state index contributed by atoms with van der Waals surface area (Å²) in [5.74, 6) is 1.52. The zero-order chi connectivity index (χ0) is 16.4. The first-order valence-electron chi connectivity index (χ1n) is 7.97.